The van der Waals surface area contributed by atoms with E-state index in [-0.39, 0.29) is 5.91 Å². The van der Waals surface area contributed by atoms with Gasteiger partial charge in [0, 0.05) is 57.4 Å². The molecule has 0 spiro atoms. The Kier molecular flexibility index (Phi) is 8.39. The summed E-state index contributed by atoms with van der Waals surface area (Å²) in [6, 6.07) is 3.63. The van der Waals surface area contributed by atoms with Crippen LogP contribution in [0.25, 0.3) is 11.4 Å². The highest BCUT2D eigenvalue weighted by atomic mass is 16.5. The van der Waals surface area contributed by atoms with Gasteiger partial charge in [-0.15, -0.1) is 0 Å². The second kappa shape index (κ2) is 11.9. The van der Waals surface area contributed by atoms with E-state index in [0.29, 0.717) is 43.2 Å². The average Bonchev–Trinajstić information content (AvgIpc) is 2.89. The second-order valence-electron chi connectivity index (χ2n) is 8.50. The highest BCUT2D eigenvalue weighted by molar-refractivity contribution is 5.74. The molecule has 0 aromatic carbocycles. The van der Waals surface area contributed by atoms with E-state index in [1.54, 1.807) is 17.7 Å². The minimum Gasteiger partial charge on any atom is -0.384 e. The number of nitrogens with zero attached hydrogens (tertiary/aromatic N) is 7. The fraction of sp³-hybridized carbons (Fsp3) is 0.591. The summed E-state index contributed by atoms with van der Waals surface area (Å²) in [5, 5.41) is 8.56. The number of carbonyl (C=O) groups is 1. The lowest BCUT2D eigenvalue weighted by Gasteiger charge is -2.35. The van der Waals surface area contributed by atoms with Crippen LogP contribution in [-0.4, -0.2) is 95.0 Å². The van der Waals surface area contributed by atoms with Crippen LogP contribution in [0.3, 0.4) is 0 Å². The van der Waals surface area contributed by atoms with E-state index in [0.717, 1.165) is 70.6 Å². The van der Waals surface area contributed by atoms with Crippen molar-refractivity contribution in [2.75, 3.05) is 74.6 Å². The number of anilines is 3. The average molecular weight is 472 g/mol. The Morgan fingerprint density at radius 3 is 2.32 bits per heavy atom. The first-order valence-corrected chi connectivity index (χ1v) is 11.8. The van der Waals surface area contributed by atoms with Gasteiger partial charge in [-0.1, -0.05) is 6.42 Å². The van der Waals surface area contributed by atoms with Gasteiger partial charge in [-0.3, -0.25) is 14.9 Å². The SMILES string of the molecule is Nc1ccc(-c2nc(N3CCOCC3)nc(N3CCN(CCCCCC(=O)NO)CC3)n2)cn1. The molecule has 0 aliphatic carbocycles. The number of hydrogen-bond donors (Lipinski definition) is 3. The quantitative estimate of drug-likeness (QED) is 0.267. The van der Waals surface area contributed by atoms with Crippen LogP contribution in [0.2, 0.25) is 0 Å². The zero-order valence-electron chi connectivity index (χ0n) is 19.4. The molecule has 34 heavy (non-hydrogen) atoms. The van der Waals surface area contributed by atoms with E-state index < -0.39 is 0 Å². The highest BCUT2D eigenvalue weighted by Crippen LogP contribution is 2.23. The molecule has 4 rings (SSSR count). The number of hydrogen-bond acceptors (Lipinski definition) is 11. The fourth-order valence-electron chi connectivity index (χ4n) is 4.09. The summed E-state index contributed by atoms with van der Waals surface area (Å²) in [6.45, 7) is 7.31. The Balaban J connectivity index is 1.39. The molecule has 2 saturated heterocycles. The van der Waals surface area contributed by atoms with Crippen LogP contribution < -0.4 is 21.0 Å². The lowest BCUT2D eigenvalue weighted by atomic mass is 10.1. The molecule has 0 radical (unpaired) electrons. The largest absolute Gasteiger partial charge is 0.384 e. The van der Waals surface area contributed by atoms with Crippen LogP contribution in [0.4, 0.5) is 17.7 Å². The smallest absolute Gasteiger partial charge is 0.243 e. The number of nitrogen functional groups attached to an aromatic ring is 1. The van der Waals surface area contributed by atoms with Crippen molar-refractivity contribution in [3.8, 4) is 11.4 Å². The maximum Gasteiger partial charge on any atom is 0.243 e. The number of morpholine rings is 1. The Morgan fingerprint density at radius 2 is 1.68 bits per heavy atom. The van der Waals surface area contributed by atoms with E-state index in [1.165, 1.54) is 0 Å². The van der Waals surface area contributed by atoms with Crippen molar-refractivity contribution in [1.29, 1.82) is 0 Å². The van der Waals surface area contributed by atoms with Crippen LogP contribution >= 0.6 is 0 Å². The summed E-state index contributed by atoms with van der Waals surface area (Å²) in [6.07, 6.45) is 4.83. The van der Waals surface area contributed by atoms with Gasteiger partial charge in [-0.2, -0.15) is 15.0 Å². The third-order valence-corrected chi connectivity index (χ3v) is 6.11. The van der Waals surface area contributed by atoms with E-state index >= 15 is 0 Å². The summed E-state index contributed by atoms with van der Waals surface area (Å²) < 4.78 is 5.49. The predicted octanol–water partition coefficient (Wildman–Crippen LogP) is 0.540. The molecule has 12 nitrogen and oxygen atoms in total. The molecule has 1 amide bonds. The molecule has 12 heteroatoms. The van der Waals surface area contributed by atoms with Gasteiger partial charge in [0.25, 0.3) is 0 Å². The monoisotopic (exact) mass is 471 g/mol. The molecule has 4 heterocycles. The molecule has 2 aromatic rings. The van der Waals surface area contributed by atoms with Crippen LogP contribution in [-0.2, 0) is 9.53 Å². The number of nitrogens with one attached hydrogen (secondary N) is 1. The van der Waals surface area contributed by atoms with Crippen molar-refractivity contribution in [1.82, 2.24) is 30.3 Å². The standard InChI is InChI=1S/C22H33N9O3/c23-18-6-5-17(16-24-18)20-25-21(27-22(26-20)31-12-14-34-15-13-31)30-10-8-29(9-11-30)7-3-1-2-4-19(32)28-33/h5-6,16,33H,1-4,7-15H2,(H2,23,24)(H,28,32). The van der Waals surface area contributed by atoms with Crippen LogP contribution in [0, 0.1) is 0 Å². The molecule has 0 saturated carbocycles. The van der Waals surface area contributed by atoms with E-state index in [9.17, 15) is 4.79 Å². The Morgan fingerprint density at radius 1 is 0.971 bits per heavy atom. The van der Waals surface area contributed by atoms with Crippen molar-refractivity contribution in [3.05, 3.63) is 18.3 Å². The Bertz CT molecular complexity index is 930. The number of carbonyl (C=O) groups excluding carboxylic acids is 1. The summed E-state index contributed by atoms with van der Waals surface area (Å²) in [7, 11) is 0. The first kappa shape index (κ1) is 24.0. The van der Waals surface area contributed by atoms with Gasteiger partial charge in [0.05, 0.1) is 13.2 Å². The summed E-state index contributed by atoms with van der Waals surface area (Å²) >= 11 is 0. The van der Waals surface area contributed by atoms with Gasteiger partial charge in [0.1, 0.15) is 5.82 Å². The Hall–Kier alpha value is -3.09. The number of aromatic nitrogens is 4. The number of piperazine rings is 1. The minimum absolute atomic E-state index is 0.323. The minimum atomic E-state index is -0.323. The first-order valence-electron chi connectivity index (χ1n) is 11.8. The lowest BCUT2D eigenvalue weighted by molar-refractivity contribution is -0.129. The van der Waals surface area contributed by atoms with E-state index in [4.69, 9.17) is 30.6 Å². The summed E-state index contributed by atoms with van der Waals surface area (Å²) in [5.41, 5.74) is 8.24. The molecule has 0 unspecified atom stereocenters. The second-order valence-corrected chi connectivity index (χ2v) is 8.50. The number of amides is 1. The van der Waals surface area contributed by atoms with Crippen LogP contribution in [0.15, 0.2) is 18.3 Å². The van der Waals surface area contributed by atoms with Gasteiger partial charge in [0.15, 0.2) is 5.82 Å². The maximum atomic E-state index is 11.1. The molecule has 4 N–H and O–H groups in total. The Labute approximate surface area is 199 Å². The van der Waals surface area contributed by atoms with Gasteiger partial charge in [-0.05, 0) is 31.5 Å². The zero-order chi connectivity index (χ0) is 23.8. The van der Waals surface area contributed by atoms with Gasteiger partial charge in [0.2, 0.25) is 17.8 Å². The number of unbranched alkanes of at least 4 members (excludes halogenated alkanes) is 2. The summed E-state index contributed by atoms with van der Waals surface area (Å²) in [4.78, 5) is 36.4. The van der Waals surface area contributed by atoms with Crippen molar-refractivity contribution in [2.45, 2.75) is 25.7 Å². The molecule has 0 atom stereocenters. The molecular weight excluding hydrogens is 438 g/mol. The van der Waals surface area contributed by atoms with Crippen LogP contribution in [0.5, 0.6) is 0 Å². The molecule has 2 aliphatic rings. The molecule has 184 valence electrons. The normalized spacial score (nSPS) is 17.1. The van der Waals surface area contributed by atoms with Crippen molar-refractivity contribution in [3.63, 3.8) is 0 Å². The molecule has 2 aliphatic heterocycles. The van der Waals surface area contributed by atoms with E-state index in [1.807, 2.05) is 6.07 Å². The topological polar surface area (TPSA) is 146 Å². The first-order chi connectivity index (χ1) is 16.6. The van der Waals surface area contributed by atoms with Crippen molar-refractivity contribution >= 4 is 23.6 Å². The highest BCUT2D eigenvalue weighted by Gasteiger charge is 2.23. The predicted molar refractivity (Wildman–Crippen MR) is 128 cm³/mol. The van der Waals surface area contributed by atoms with Gasteiger partial charge < -0.3 is 20.3 Å². The molecule has 2 fully saturated rings. The van der Waals surface area contributed by atoms with E-state index in [2.05, 4.69) is 19.7 Å². The number of nitrogens with two attached hydrogens (primary N) is 1. The third-order valence-electron chi connectivity index (χ3n) is 6.11. The lowest BCUT2D eigenvalue weighted by Crippen LogP contribution is -2.47. The van der Waals surface area contributed by atoms with Gasteiger partial charge in [-0.25, -0.2) is 10.5 Å². The third kappa shape index (κ3) is 6.49. The van der Waals surface area contributed by atoms with Crippen LogP contribution in [0.1, 0.15) is 25.7 Å². The number of ether oxygens (including phenoxy) is 1. The van der Waals surface area contributed by atoms with Gasteiger partial charge >= 0.3 is 0 Å². The fourth-order valence-corrected chi connectivity index (χ4v) is 4.09. The maximum absolute atomic E-state index is 11.1. The number of hydroxylamine groups is 1. The zero-order valence-corrected chi connectivity index (χ0v) is 19.4. The summed E-state index contributed by atoms with van der Waals surface area (Å²) in [5.74, 6) is 2.07. The number of rotatable bonds is 9. The molecule has 0 bridgehead atoms. The van der Waals surface area contributed by atoms with Crippen molar-refractivity contribution < 1.29 is 14.7 Å². The molecular formula is C22H33N9O3. The molecule has 2 aromatic heterocycles. The number of pyridine rings is 1. The van der Waals surface area contributed by atoms with Crippen molar-refractivity contribution in [2.24, 2.45) is 0 Å².